The first-order valence-electron chi connectivity index (χ1n) is 6.36. The molecule has 108 valence electrons. The van der Waals surface area contributed by atoms with E-state index in [1.807, 2.05) is 30.3 Å². The van der Waals surface area contributed by atoms with Gasteiger partial charge in [0.25, 0.3) is 0 Å². The highest BCUT2D eigenvalue weighted by atomic mass is 35.5. The van der Waals surface area contributed by atoms with Crippen molar-refractivity contribution in [2.24, 2.45) is 5.73 Å². The van der Waals surface area contributed by atoms with E-state index in [9.17, 15) is 0 Å². The van der Waals surface area contributed by atoms with Crippen LogP contribution < -0.4 is 10.5 Å². The van der Waals surface area contributed by atoms with Crippen molar-refractivity contribution >= 4 is 34.2 Å². The summed E-state index contributed by atoms with van der Waals surface area (Å²) in [4.78, 5) is 0. The van der Waals surface area contributed by atoms with E-state index in [1.54, 1.807) is 19.2 Å². The van der Waals surface area contributed by atoms with E-state index in [2.05, 4.69) is 0 Å². The van der Waals surface area contributed by atoms with Gasteiger partial charge in [-0.3, -0.25) is 0 Å². The number of rotatable bonds is 3. The number of benzene rings is 2. The molecule has 1 unspecified atom stereocenters. The molecule has 0 spiro atoms. The van der Waals surface area contributed by atoms with Crippen LogP contribution in [0.2, 0.25) is 10.0 Å². The summed E-state index contributed by atoms with van der Waals surface area (Å²) in [6.07, 6.45) is 0. The lowest BCUT2D eigenvalue weighted by molar-refractivity contribution is 0.406. The standard InChI is InChI=1S/C16H13Cl2NO2/c1-20-14-8-12(18)6-10-7-13(21-16(10)14)15(19)9-3-2-4-11(17)5-9/h2-8,15H,19H2,1H3. The van der Waals surface area contributed by atoms with Crippen LogP contribution in [0.5, 0.6) is 5.75 Å². The van der Waals surface area contributed by atoms with Crippen LogP contribution in [-0.2, 0) is 0 Å². The van der Waals surface area contributed by atoms with Crippen LogP contribution in [0.25, 0.3) is 11.0 Å². The number of nitrogens with two attached hydrogens (primary N) is 1. The molecule has 3 rings (SSSR count). The van der Waals surface area contributed by atoms with Gasteiger partial charge in [0.1, 0.15) is 5.76 Å². The maximum absolute atomic E-state index is 6.25. The zero-order valence-electron chi connectivity index (χ0n) is 11.3. The molecular formula is C16H13Cl2NO2. The van der Waals surface area contributed by atoms with Crippen LogP contribution in [0, 0.1) is 0 Å². The largest absolute Gasteiger partial charge is 0.493 e. The zero-order chi connectivity index (χ0) is 15.0. The van der Waals surface area contributed by atoms with Crippen LogP contribution in [0.15, 0.2) is 46.9 Å². The maximum atomic E-state index is 6.25. The summed E-state index contributed by atoms with van der Waals surface area (Å²) >= 11 is 12.1. The molecule has 3 aromatic rings. The molecule has 2 aromatic carbocycles. The number of halogens is 2. The lowest BCUT2D eigenvalue weighted by Crippen LogP contribution is -2.10. The van der Waals surface area contributed by atoms with Gasteiger partial charge < -0.3 is 14.9 Å². The van der Waals surface area contributed by atoms with Crippen molar-refractivity contribution in [2.45, 2.75) is 6.04 Å². The van der Waals surface area contributed by atoms with Gasteiger partial charge in [0, 0.05) is 21.5 Å². The van der Waals surface area contributed by atoms with Gasteiger partial charge in [-0.25, -0.2) is 0 Å². The lowest BCUT2D eigenvalue weighted by atomic mass is 10.1. The Kier molecular flexibility index (Phi) is 3.81. The normalized spacial score (nSPS) is 12.6. The van der Waals surface area contributed by atoms with Gasteiger partial charge in [0.05, 0.1) is 13.2 Å². The lowest BCUT2D eigenvalue weighted by Gasteiger charge is -2.09. The molecule has 1 aromatic heterocycles. The Morgan fingerprint density at radius 2 is 1.90 bits per heavy atom. The van der Waals surface area contributed by atoms with Gasteiger partial charge in [-0.1, -0.05) is 35.3 Å². The van der Waals surface area contributed by atoms with Crippen LogP contribution >= 0.6 is 23.2 Å². The van der Waals surface area contributed by atoms with Gasteiger partial charge in [0.2, 0.25) is 0 Å². The smallest absolute Gasteiger partial charge is 0.176 e. The molecular weight excluding hydrogens is 309 g/mol. The van der Waals surface area contributed by atoms with Crippen LogP contribution in [-0.4, -0.2) is 7.11 Å². The Bertz CT molecular complexity index is 798. The third-order valence-corrected chi connectivity index (χ3v) is 3.75. The SMILES string of the molecule is COc1cc(Cl)cc2cc(C(N)c3cccc(Cl)c3)oc12. The molecule has 1 heterocycles. The predicted molar refractivity (Wildman–Crippen MR) is 85.3 cm³/mol. The molecule has 1 atom stereocenters. The fourth-order valence-electron chi connectivity index (χ4n) is 2.28. The molecule has 0 fully saturated rings. The van der Waals surface area contributed by atoms with Crippen molar-refractivity contribution in [3.8, 4) is 5.75 Å². The highest BCUT2D eigenvalue weighted by molar-refractivity contribution is 6.31. The minimum Gasteiger partial charge on any atom is -0.493 e. The molecule has 5 heteroatoms. The van der Waals surface area contributed by atoms with Crippen molar-refractivity contribution in [3.05, 3.63) is 63.8 Å². The first kappa shape index (κ1) is 14.3. The maximum Gasteiger partial charge on any atom is 0.176 e. The van der Waals surface area contributed by atoms with Crippen LogP contribution in [0.3, 0.4) is 0 Å². The predicted octanol–water partition coefficient (Wildman–Crippen LogP) is 4.80. The highest BCUT2D eigenvalue weighted by Gasteiger charge is 2.17. The third-order valence-electron chi connectivity index (χ3n) is 3.30. The molecule has 0 saturated heterocycles. The molecule has 0 radical (unpaired) electrons. The minimum absolute atomic E-state index is 0.403. The molecule has 21 heavy (non-hydrogen) atoms. The second-order valence-electron chi connectivity index (χ2n) is 4.71. The Hall–Kier alpha value is -1.68. The summed E-state index contributed by atoms with van der Waals surface area (Å²) in [5.74, 6) is 1.22. The summed E-state index contributed by atoms with van der Waals surface area (Å²) in [6.45, 7) is 0. The molecule has 0 aliphatic heterocycles. The van der Waals surface area contributed by atoms with Crippen molar-refractivity contribution in [2.75, 3.05) is 7.11 Å². The monoisotopic (exact) mass is 321 g/mol. The Morgan fingerprint density at radius 3 is 2.62 bits per heavy atom. The van der Waals surface area contributed by atoms with E-state index in [0.29, 0.717) is 27.1 Å². The van der Waals surface area contributed by atoms with Crippen molar-refractivity contribution in [1.82, 2.24) is 0 Å². The molecule has 0 aliphatic rings. The van der Waals surface area contributed by atoms with Crippen LogP contribution in [0.4, 0.5) is 0 Å². The van der Waals surface area contributed by atoms with E-state index in [0.717, 1.165) is 10.9 Å². The summed E-state index contributed by atoms with van der Waals surface area (Å²) < 4.78 is 11.1. The summed E-state index contributed by atoms with van der Waals surface area (Å²) in [7, 11) is 1.57. The number of hydrogen-bond donors (Lipinski definition) is 1. The number of hydrogen-bond acceptors (Lipinski definition) is 3. The average Bonchev–Trinajstić information content (AvgIpc) is 2.89. The number of fused-ring (bicyclic) bond motifs is 1. The Morgan fingerprint density at radius 1 is 1.10 bits per heavy atom. The van der Waals surface area contributed by atoms with Crippen molar-refractivity contribution in [1.29, 1.82) is 0 Å². The number of furan rings is 1. The summed E-state index contributed by atoms with van der Waals surface area (Å²) in [5.41, 5.74) is 7.77. The molecule has 0 bridgehead atoms. The first-order valence-corrected chi connectivity index (χ1v) is 7.12. The second kappa shape index (κ2) is 5.60. The van der Waals surface area contributed by atoms with Crippen molar-refractivity contribution < 1.29 is 9.15 Å². The van der Waals surface area contributed by atoms with E-state index in [4.69, 9.17) is 38.1 Å². The molecule has 2 N–H and O–H groups in total. The minimum atomic E-state index is -0.403. The van der Waals surface area contributed by atoms with Gasteiger partial charge >= 0.3 is 0 Å². The van der Waals surface area contributed by atoms with Crippen LogP contribution in [0.1, 0.15) is 17.4 Å². The van der Waals surface area contributed by atoms with Gasteiger partial charge in [-0.2, -0.15) is 0 Å². The molecule has 0 saturated carbocycles. The van der Waals surface area contributed by atoms with E-state index in [-0.39, 0.29) is 0 Å². The first-order chi connectivity index (χ1) is 10.1. The van der Waals surface area contributed by atoms with E-state index < -0.39 is 6.04 Å². The highest BCUT2D eigenvalue weighted by Crippen LogP contribution is 2.35. The van der Waals surface area contributed by atoms with E-state index in [1.165, 1.54) is 0 Å². The van der Waals surface area contributed by atoms with Gasteiger partial charge in [0.15, 0.2) is 11.3 Å². The number of methoxy groups -OCH3 is 1. The third kappa shape index (κ3) is 2.72. The Labute approximate surface area is 132 Å². The average molecular weight is 322 g/mol. The van der Waals surface area contributed by atoms with Gasteiger partial charge in [-0.15, -0.1) is 0 Å². The van der Waals surface area contributed by atoms with Crippen molar-refractivity contribution in [3.63, 3.8) is 0 Å². The second-order valence-corrected chi connectivity index (χ2v) is 5.58. The van der Waals surface area contributed by atoms with E-state index >= 15 is 0 Å². The molecule has 0 aliphatic carbocycles. The fourth-order valence-corrected chi connectivity index (χ4v) is 2.69. The number of ether oxygens (including phenoxy) is 1. The zero-order valence-corrected chi connectivity index (χ0v) is 12.8. The fraction of sp³-hybridized carbons (Fsp3) is 0.125. The summed E-state index contributed by atoms with van der Waals surface area (Å²) in [5, 5.41) is 2.08. The Balaban J connectivity index is 2.08. The topological polar surface area (TPSA) is 48.4 Å². The quantitative estimate of drug-likeness (QED) is 0.754. The van der Waals surface area contributed by atoms with Gasteiger partial charge in [-0.05, 0) is 29.8 Å². The molecule has 0 amide bonds. The summed E-state index contributed by atoms with van der Waals surface area (Å²) in [6, 6.07) is 12.4. The molecule has 3 nitrogen and oxygen atoms in total.